The number of nitrogens with two attached hydrogens (primary N) is 1. The lowest BCUT2D eigenvalue weighted by Gasteiger charge is -2.13. The van der Waals surface area contributed by atoms with Gasteiger partial charge in [-0.25, -0.2) is 4.98 Å². The number of nitrogens with zero attached hydrogens (tertiary/aromatic N) is 2. The maximum absolute atomic E-state index is 12.5. The van der Waals surface area contributed by atoms with Gasteiger partial charge in [0.05, 0.1) is 29.7 Å². The first-order valence-electron chi connectivity index (χ1n) is 7.79. The van der Waals surface area contributed by atoms with Crippen molar-refractivity contribution in [1.82, 2.24) is 20.3 Å². The highest BCUT2D eigenvalue weighted by molar-refractivity contribution is 7.09. The number of carbonyl (C=O) groups is 1. The predicted octanol–water partition coefficient (Wildman–Crippen LogP) is 1.76. The summed E-state index contributed by atoms with van der Waals surface area (Å²) in [6, 6.07) is 6.99. The van der Waals surface area contributed by atoms with Crippen molar-refractivity contribution in [2.75, 3.05) is 6.54 Å². The van der Waals surface area contributed by atoms with Gasteiger partial charge in [0.1, 0.15) is 10.7 Å². The topological polar surface area (TPSA) is 117 Å². The summed E-state index contributed by atoms with van der Waals surface area (Å²) in [7, 11) is 0. The van der Waals surface area contributed by atoms with Crippen LogP contribution >= 0.6 is 11.3 Å². The smallest absolute Gasteiger partial charge is 0.268 e. The van der Waals surface area contributed by atoms with E-state index in [2.05, 4.69) is 20.3 Å². The summed E-state index contributed by atoms with van der Waals surface area (Å²) in [5.41, 5.74) is 9.37. The Balaban J connectivity index is 1.73. The van der Waals surface area contributed by atoms with E-state index in [0.29, 0.717) is 16.4 Å². The summed E-state index contributed by atoms with van der Waals surface area (Å²) in [4.78, 5) is 24.1. The average molecular weight is 357 g/mol. The van der Waals surface area contributed by atoms with E-state index in [-0.39, 0.29) is 19.1 Å². The fraction of sp³-hybridized carbons (Fsp3) is 0.235. The number of pyridine rings is 1. The van der Waals surface area contributed by atoms with Gasteiger partial charge in [0.15, 0.2) is 0 Å². The molecule has 0 radical (unpaired) electrons. The number of carbonyl (C=O) groups excluding carboxylic acids is 1. The number of rotatable bonds is 6. The molecule has 0 fully saturated rings. The Kier molecular flexibility index (Phi) is 5.22. The number of hydrogen-bond donors (Lipinski definition) is 4. The molecular formula is C17H19N5O2S. The van der Waals surface area contributed by atoms with Crippen LogP contribution in [0.2, 0.25) is 0 Å². The second-order valence-electron chi connectivity index (χ2n) is 5.60. The molecule has 0 spiro atoms. The molecule has 8 heteroatoms. The van der Waals surface area contributed by atoms with E-state index in [1.807, 2.05) is 25.1 Å². The highest BCUT2D eigenvalue weighted by atomic mass is 32.1. The van der Waals surface area contributed by atoms with Crippen LogP contribution in [0.4, 0.5) is 0 Å². The fourth-order valence-corrected chi connectivity index (χ4v) is 3.19. The minimum absolute atomic E-state index is 0.134. The van der Waals surface area contributed by atoms with Crippen LogP contribution < -0.4 is 11.1 Å². The molecule has 5 N–H and O–H groups in total. The first-order chi connectivity index (χ1) is 12.1. The van der Waals surface area contributed by atoms with Crippen LogP contribution in [0.5, 0.6) is 0 Å². The number of aliphatic hydroxyl groups is 1. The van der Waals surface area contributed by atoms with Gasteiger partial charge >= 0.3 is 0 Å². The van der Waals surface area contributed by atoms with E-state index in [9.17, 15) is 4.79 Å². The molecule has 0 saturated heterocycles. The standard InChI is InChI=1S/C17H19N5O2S/c1-10-2-3-12(19-7-10)13-4-5-14(21-13)16(24)22-15(6-18)17-20-11(8-23)9-25-17/h2-5,7,9,15,21,23H,6,8,18H2,1H3,(H,22,24). The molecule has 0 saturated carbocycles. The van der Waals surface area contributed by atoms with Gasteiger partial charge in [-0.2, -0.15) is 0 Å². The summed E-state index contributed by atoms with van der Waals surface area (Å²) >= 11 is 1.36. The van der Waals surface area contributed by atoms with E-state index in [1.54, 1.807) is 17.6 Å². The number of aliphatic hydroxyl groups excluding tert-OH is 1. The van der Waals surface area contributed by atoms with Crippen LogP contribution in [-0.4, -0.2) is 32.5 Å². The van der Waals surface area contributed by atoms with Gasteiger partial charge in [-0.05, 0) is 30.7 Å². The molecule has 0 aliphatic rings. The summed E-state index contributed by atoms with van der Waals surface area (Å²) < 4.78 is 0. The largest absolute Gasteiger partial charge is 0.390 e. The Bertz CT molecular complexity index is 856. The Morgan fingerprint density at radius 3 is 2.88 bits per heavy atom. The van der Waals surface area contributed by atoms with E-state index in [1.165, 1.54) is 11.3 Å². The van der Waals surface area contributed by atoms with Crippen molar-refractivity contribution in [1.29, 1.82) is 0 Å². The van der Waals surface area contributed by atoms with Crippen LogP contribution in [0.1, 0.15) is 32.8 Å². The van der Waals surface area contributed by atoms with Crippen molar-refractivity contribution in [3.05, 3.63) is 57.8 Å². The monoisotopic (exact) mass is 357 g/mol. The van der Waals surface area contributed by atoms with Crippen LogP contribution in [0.25, 0.3) is 11.4 Å². The molecule has 0 aromatic carbocycles. The number of nitrogens with one attached hydrogen (secondary N) is 2. The number of aryl methyl sites for hydroxylation is 1. The zero-order valence-corrected chi connectivity index (χ0v) is 14.5. The van der Waals surface area contributed by atoms with Gasteiger partial charge in [-0.3, -0.25) is 9.78 Å². The molecule has 0 bridgehead atoms. The Labute approximate surface area is 149 Å². The second kappa shape index (κ2) is 7.56. The predicted molar refractivity (Wildman–Crippen MR) is 96.1 cm³/mol. The molecular weight excluding hydrogens is 338 g/mol. The molecule has 0 aliphatic carbocycles. The lowest BCUT2D eigenvalue weighted by molar-refractivity contribution is 0.0933. The van der Waals surface area contributed by atoms with Gasteiger partial charge in [-0.15, -0.1) is 11.3 Å². The molecule has 3 heterocycles. The van der Waals surface area contributed by atoms with E-state index in [0.717, 1.165) is 17.0 Å². The summed E-state index contributed by atoms with van der Waals surface area (Å²) in [5.74, 6) is -0.269. The van der Waals surface area contributed by atoms with E-state index < -0.39 is 6.04 Å². The molecule has 3 aromatic rings. The Hall–Kier alpha value is -2.55. The quantitative estimate of drug-likeness (QED) is 0.536. The number of amides is 1. The molecule has 1 amide bonds. The number of hydrogen-bond acceptors (Lipinski definition) is 6. The first kappa shape index (κ1) is 17.3. The first-order valence-corrected chi connectivity index (χ1v) is 8.66. The third kappa shape index (κ3) is 3.93. The van der Waals surface area contributed by atoms with Crippen molar-refractivity contribution in [2.45, 2.75) is 19.6 Å². The Morgan fingerprint density at radius 2 is 2.24 bits per heavy atom. The highest BCUT2D eigenvalue weighted by Gasteiger charge is 2.19. The van der Waals surface area contributed by atoms with Crippen molar-refractivity contribution < 1.29 is 9.90 Å². The number of thiazole rings is 1. The normalized spacial score (nSPS) is 12.1. The van der Waals surface area contributed by atoms with Crippen LogP contribution in [-0.2, 0) is 6.61 Å². The van der Waals surface area contributed by atoms with Crippen molar-refractivity contribution in [3.8, 4) is 11.4 Å². The summed E-state index contributed by atoms with van der Waals surface area (Å²) in [5, 5.41) is 14.4. The minimum atomic E-state index is -0.401. The zero-order valence-electron chi connectivity index (χ0n) is 13.7. The highest BCUT2D eigenvalue weighted by Crippen LogP contribution is 2.20. The second-order valence-corrected chi connectivity index (χ2v) is 6.49. The third-order valence-electron chi connectivity index (χ3n) is 3.69. The fourth-order valence-electron chi connectivity index (χ4n) is 2.32. The van der Waals surface area contributed by atoms with Gasteiger partial charge in [0.25, 0.3) is 5.91 Å². The van der Waals surface area contributed by atoms with Crippen molar-refractivity contribution >= 4 is 17.2 Å². The maximum atomic E-state index is 12.5. The van der Waals surface area contributed by atoms with Gasteiger partial charge in [0.2, 0.25) is 0 Å². The number of aromatic amines is 1. The van der Waals surface area contributed by atoms with Crippen molar-refractivity contribution in [3.63, 3.8) is 0 Å². The van der Waals surface area contributed by atoms with E-state index in [4.69, 9.17) is 10.8 Å². The number of aromatic nitrogens is 3. The average Bonchev–Trinajstić information content (AvgIpc) is 3.29. The van der Waals surface area contributed by atoms with E-state index >= 15 is 0 Å². The van der Waals surface area contributed by atoms with Gasteiger partial charge in [0, 0.05) is 18.1 Å². The molecule has 0 aliphatic heterocycles. The molecule has 130 valence electrons. The van der Waals surface area contributed by atoms with Crippen molar-refractivity contribution in [2.24, 2.45) is 5.73 Å². The van der Waals surface area contributed by atoms with Crippen LogP contribution in [0.3, 0.4) is 0 Å². The molecule has 1 atom stereocenters. The molecule has 1 unspecified atom stereocenters. The molecule has 3 rings (SSSR count). The van der Waals surface area contributed by atoms with Gasteiger partial charge in [-0.1, -0.05) is 6.07 Å². The Morgan fingerprint density at radius 1 is 1.40 bits per heavy atom. The molecule has 3 aromatic heterocycles. The maximum Gasteiger partial charge on any atom is 0.268 e. The minimum Gasteiger partial charge on any atom is -0.390 e. The lowest BCUT2D eigenvalue weighted by Crippen LogP contribution is -2.33. The molecule has 25 heavy (non-hydrogen) atoms. The lowest BCUT2D eigenvalue weighted by atomic mass is 10.2. The van der Waals surface area contributed by atoms with Crippen LogP contribution in [0.15, 0.2) is 35.8 Å². The van der Waals surface area contributed by atoms with Gasteiger partial charge < -0.3 is 21.1 Å². The number of H-pyrrole nitrogens is 1. The third-order valence-corrected chi connectivity index (χ3v) is 4.70. The zero-order chi connectivity index (χ0) is 17.8. The SMILES string of the molecule is Cc1ccc(-c2ccc(C(=O)NC(CN)c3nc(CO)cs3)[nH]2)nc1. The summed E-state index contributed by atoms with van der Waals surface area (Å²) in [6.45, 7) is 2.06. The molecule has 7 nitrogen and oxygen atoms in total. The van der Waals surface area contributed by atoms with Crippen LogP contribution in [0, 0.1) is 6.92 Å². The summed E-state index contributed by atoms with van der Waals surface area (Å²) in [6.07, 6.45) is 1.78.